The fourth-order valence-corrected chi connectivity index (χ4v) is 2.52. The first kappa shape index (κ1) is 12.1. The van der Waals surface area contributed by atoms with Crippen LogP contribution in [-0.2, 0) is 6.42 Å². The van der Waals surface area contributed by atoms with Crippen LogP contribution in [0.5, 0.6) is 0 Å². The van der Waals surface area contributed by atoms with Crippen LogP contribution in [0.15, 0.2) is 6.33 Å². The van der Waals surface area contributed by atoms with Crippen molar-refractivity contribution in [2.75, 3.05) is 11.1 Å². The number of rotatable bonds is 3. The summed E-state index contributed by atoms with van der Waals surface area (Å²) in [4.78, 5) is 8.38. The van der Waals surface area contributed by atoms with Gasteiger partial charge in [-0.2, -0.15) is 0 Å². The van der Waals surface area contributed by atoms with E-state index in [2.05, 4.69) is 22.2 Å². The molecule has 1 heterocycles. The second kappa shape index (κ2) is 5.84. The molecule has 1 aliphatic carbocycles. The Balaban J connectivity index is 2.09. The Morgan fingerprint density at radius 1 is 1.24 bits per heavy atom. The van der Waals surface area contributed by atoms with Crippen molar-refractivity contribution in [2.45, 2.75) is 57.9 Å². The van der Waals surface area contributed by atoms with Gasteiger partial charge in [-0.15, -0.1) is 0 Å². The zero-order chi connectivity index (χ0) is 12.1. The maximum Gasteiger partial charge on any atom is 0.134 e. The molecule has 1 aliphatic rings. The molecule has 1 aromatic heterocycles. The maximum atomic E-state index is 5.88. The van der Waals surface area contributed by atoms with Gasteiger partial charge in [-0.1, -0.05) is 32.6 Å². The maximum absolute atomic E-state index is 5.88. The van der Waals surface area contributed by atoms with E-state index in [-0.39, 0.29) is 0 Å². The summed E-state index contributed by atoms with van der Waals surface area (Å²) >= 11 is 0. The highest BCUT2D eigenvalue weighted by atomic mass is 15.1. The Bertz CT molecular complexity index is 356. The van der Waals surface area contributed by atoms with Crippen molar-refractivity contribution in [3.05, 3.63) is 11.9 Å². The van der Waals surface area contributed by atoms with Gasteiger partial charge in [-0.25, -0.2) is 9.97 Å². The van der Waals surface area contributed by atoms with E-state index in [1.807, 2.05) is 0 Å². The van der Waals surface area contributed by atoms with Gasteiger partial charge in [-0.3, -0.25) is 0 Å². The van der Waals surface area contributed by atoms with Crippen LogP contribution < -0.4 is 11.1 Å². The highest BCUT2D eigenvalue weighted by molar-refractivity contribution is 5.55. The van der Waals surface area contributed by atoms with Gasteiger partial charge in [0, 0.05) is 11.6 Å². The SMILES string of the molecule is CCc1c(N)ncnc1NC1CCCCCC1. The first-order valence-corrected chi connectivity index (χ1v) is 6.67. The third-order valence-corrected chi connectivity index (χ3v) is 3.53. The summed E-state index contributed by atoms with van der Waals surface area (Å²) in [7, 11) is 0. The molecule has 0 aromatic carbocycles. The molecule has 1 saturated carbocycles. The van der Waals surface area contributed by atoms with Gasteiger partial charge >= 0.3 is 0 Å². The fraction of sp³-hybridized carbons (Fsp3) is 0.692. The predicted molar refractivity (Wildman–Crippen MR) is 70.9 cm³/mol. The summed E-state index contributed by atoms with van der Waals surface area (Å²) in [5, 5.41) is 3.55. The van der Waals surface area contributed by atoms with Crippen molar-refractivity contribution in [1.82, 2.24) is 9.97 Å². The van der Waals surface area contributed by atoms with Gasteiger partial charge in [0.15, 0.2) is 0 Å². The zero-order valence-electron chi connectivity index (χ0n) is 10.6. The lowest BCUT2D eigenvalue weighted by Gasteiger charge is -2.19. The van der Waals surface area contributed by atoms with Gasteiger partial charge in [0.2, 0.25) is 0 Å². The first-order chi connectivity index (χ1) is 8.31. The Hall–Kier alpha value is -1.32. The van der Waals surface area contributed by atoms with Gasteiger partial charge in [-0.05, 0) is 19.3 Å². The predicted octanol–water partition coefficient (Wildman–Crippen LogP) is 2.76. The Morgan fingerprint density at radius 3 is 2.59 bits per heavy atom. The minimum atomic E-state index is 0.553. The molecule has 0 spiro atoms. The topological polar surface area (TPSA) is 63.8 Å². The third-order valence-electron chi connectivity index (χ3n) is 3.53. The number of hydrogen-bond donors (Lipinski definition) is 2. The van der Waals surface area contributed by atoms with Gasteiger partial charge < -0.3 is 11.1 Å². The minimum Gasteiger partial charge on any atom is -0.383 e. The number of nitrogens with one attached hydrogen (secondary N) is 1. The molecule has 1 aromatic rings. The van der Waals surface area contributed by atoms with E-state index >= 15 is 0 Å². The average Bonchev–Trinajstić information content (AvgIpc) is 2.58. The smallest absolute Gasteiger partial charge is 0.134 e. The van der Waals surface area contributed by atoms with E-state index in [4.69, 9.17) is 5.73 Å². The third kappa shape index (κ3) is 3.08. The lowest BCUT2D eigenvalue weighted by molar-refractivity contribution is 0.616. The molecule has 0 amide bonds. The van der Waals surface area contributed by atoms with Crippen LogP contribution in [0, 0.1) is 0 Å². The molecular weight excluding hydrogens is 212 g/mol. The molecule has 0 aliphatic heterocycles. The average molecular weight is 234 g/mol. The molecule has 3 N–H and O–H groups in total. The van der Waals surface area contributed by atoms with Crippen LogP contribution >= 0.6 is 0 Å². The lowest BCUT2D eigenvalue weighted by Crippen LogP contribution is -2.20. The Kier molecular flexibility index (Phi) is 4.18. The molecule has 0 unspecified atom stereocenters. The van der Waals surface area contributed by atoms with Crippen LogP contribution in [0.4, 0.5) is 11.6 Å². The fourth-order valence-electron chi connectivity index (χ4n) is 2.52. The molecule has 0 bridgehead atoms. The second-order valence-corrected chi connectivity index (χ2v) is 4.77. The Morgan fingerprint density at radius 2 is 1.94 bits per heavy atom. The van der Waals surface area contributed by atoms with Crippen LogP contribution in [-0.4, -0.2) is 16.0 Å². The minimum absolute atomic E-state index is 0.553. The number of nitrogens with two attached hydrogens (primary N) is 1. The summed E-state index contributed by atoms with van der Waals surface area (Å²) in [6, 6.07) is 0.553. The van der Waals surface area contributed by atoms with Crippen LogP contribution in [0.1, 0.15) is 51.0 Å². The molecule has 4 nitrogen and oxygen atoms in total. The van der Waals surface area contributed by atoms with Crippen molar-refractivity contribution in [1.29, 1.82) is 0 Å². The highest BCUT2D eigenvalue weighted by Crippen LogP contribution is 2.23. The highest BCUT2D eigenvalue weighted by Gasteiger charge is 2.15. The van der Waals surface area contributed by atoms with E-state index in [9.17, 15) is 0 Å². The molecule has 0 radical (unpaired) electrons. The number of aromatic nitrogens is 2. The van der Waals surface area contributed by atoms with E-state index in [0.29, 0.717) is 11.9 Å². The van der Waals surface area contributed by atoms with E-state index in [1.54, 1.807) is 6.33 Å². The second-order valence-electron chi connectivity index (χ2n) is 4.77. The van der Waals surface area contributed by atoms with Crippen LogP contribution in [0.2, 0.25) is 0 Å². The van der Waals surface area contributed by atoms with Crippen LogP contribution in [0.3, 0.4) is 0 Å². The zero-order valence-corrected chi connectivity index (χ0v) is 10.6. The number of hydrogen-bond acceptors (Lipinski definition) is 4. The van der Waals surface area contributed by atoms with Crippen molar-refractivity contribution < 1.29 is 0 Å². The monoisotopic (exact) mass is 234 g/mol. The largest absolute Gasteiger partial charge is 0.383 e. The lowest BCUT2D eigenvalue weighted by atomic mass is 10.1. The summed E-state index contributed by atoms with van der Waals surface area (Å²) in [5.41, 5.74) is 6.93. The van der Waals surface area contributed by atoms with Crippen molar-refractivity contribution in [3.8, 4) is 0 Å². The van der Waals surface area contributed by atoms with Crippen molar-refractivity contribution in [3.63, 3.8) is 0 Å². The molecule has 2 rings (SSSR count). The van der Waals surface area contributed by atoms with E-state index in [1.165, 1.54) is 38.5 Å². The molecular formula is C13H22N4. The summed E-state index contributed by atoms with van der Waals surface area (Å²) in [5.74, 6) is 1.55. The molecule has 1 fully saturated rings. The first-order valence-electron chi connectivity index (χ1n) is 6.67. The van der Waals surface area contributed by atoms with Gasteiger partial charge in [0.05, 0.1) is 0 Å². The van der Waals surface area contributed by atoms with Gasteiger partial charge in [0.25, 0.3) is 0 Å². The van der Waals surface area contributed by atoms with E-state index in [0.717, 1.165) is 17.8 Å². The standard InChI is InChI=1S/C13H22N4/c1-2-11-12(14)15-9-16-13(11)17-10-7-5-3-4-6-8-10/h9-10H,2-8H2,1H3,(H3,14,15,16,17). The summed E-state index contributed by atoms with van der Waals surface area (Å²) < 4.78 is 0. The molecule has 0 saturated heterocycles. The Labute approximate surface area is 103 Å². The van der Waals surface area contributed by atoms with Crippen LogP contribution in [0.25, 0.3) is 0 Å². The molecule has 17 heavy (non-hydrogen) atoms. The summed E-state index contributed by atoms with van der Waals surface area (Å²) in [6.45, 7) is 2.09. The van der Waals surface area contributed by atoms with Crippen molar-refractivity contribution >= 4 is 11.6 Å². The van der Waals surface area contributed by atoms with E-state index < -0.39 is 0 Å². The molecule has 94 valence electrons. The van der Waals surface area contributed by atoms with Crippen molar-refractivity contribution in [2.24, 2.45) is 0 Å². The number of nitrogen functional groups attached to an aromatic ring is 1. The number of anilines is 2. The molecule has 4 heteroatoms. The number of nitrogens with zero attached hydrogens (tertiary/aromatic N) is 2. The normalized spacial score (nSPS) is 17.7. The summed E-state index contributed by atoms with van der Waals surface area (Å²) in [6.07, 6.45) is 10.3. The quantitative estimate of drug-likeness (QED) is 0.789. The molecule has 0 atom stereocenters. The van der Waals surface area contributed by atoms with Gasteiger partial charge in [0.1, 0.15) is 18.0 Å².